The normalized spacial score (nSPS) is 13.4. The zero-order valence-electron chi connectivity index (χ0n) is 11.6. The van der Waals surface area contributed by atoms with Crippen LogP contribution in [-0.4, -0.2) is 25.5 Å². The van der Waals surface area contributed by atoms with Crippen LogP contribution < -0.4 is 4.72 Å². The van der Waals surface area contributed by atoms with Gasteiger partial charge in [0.05, 0.1) is 5.75 Å². The van der Waals surface area contributed by atoms with Crippen LogP contribution in [0.3, 0.4) is 0 Å². The largest absolute Gasteiger partial charge is 0.480 e. The van der Waals surface area contributed by atoms with E-state index in [9.17, 15) is 17.6 Å². The second-order valence-corrected chi connectivity index (χ2v) is 7.32. The van der Waals surface area contributed by atoms with Gasteiger partial charge in [-0.1, -0.05) is 25.4 Å². The van der Waals surface area contributed by atoms with Crippen molar-refractivity contribution < 1.29 is 22.7 Å². The number of carbonyl (C=O) groups is 1. The average molecular weight is 338 g/mol. The Morgan fingerprint density at radius 3 is 2.57 bits per heavy atom. The molecule has 0 fully saturated rings. The number of hydrogen-bond acceptors (Lipinski definition) is 3. The molecule has 0 heterocycles. The maximum atomic E-state index is 13.5. The molecule has 21 heavy (non-hydrogen) atoms. The van der Waals surface area contributed by atoms with Crippen LogP contribution in [-0.2, 0) is 20.6 Å². The van der Waals surface area contributed by atoms with Gasteiger partial charge < -0.3 is 5.11 Å². The maximum absolute atomic E-state index is 13.5. The molecule has 1 aromatic carbocycles. The number of carboxylic acids is 1. The molecule has 2 N–H and O–H groups in total. The molecule has 0 aromatic heterocycles. The molecule has 0 saturated heterocycles. The molecule has 0 aliphatic heterocycles. The first kappa shape index (κ1) is 17.9. The fraction of sp³-hybridized carbons (Fsp3) is 0.462. The Bertz CT molecular complexity index is 619. The number of sulfonamides is 1. The quantitative estimate of drug-likeness (QED) is 0.800. The summed E-state index contributed by atoms with van der Waals surface area (Å²) in [5, 5.41) is 9.24. The molecular formula is C13H17ClFNO4S. The molecule has 1 aromatic rings. The molecule has 0 bridgehead atoms. The fourth-order valence-electron chi connectivity index (χ4n) is 1.79. The minimum atomic E-state index is -3.99. The Morgan fingerprint density at radius 2 is 2.05 bits per heavy atom. The van der Waals surface area contributed by atoms with E-state index in [1.807, 2.05) is 0 Å². The average Bonchev–Trinajstić information content (AvgIpc) is 2.31. The monoisotopic (exact) mass is 337 g/mol. The van der Waals surface area contributed by atoms with Crippen molar-refractivity contribution in [2.24, 2.45) is 5.92 Å². The van der Waals surface area contributed by atoms with Crippen molar-refractivity contribution in [2.45, 2.75) is 32.1 Å². The molecule has 0 aliphatic rings. The predicted molar refractivity (Wildman–Crippen MR) is 78.0 cm³/mol. The highest BCUT2D eigenvalue weighted by Gasteiger charge is 2.25. The third kappa shape index (κ3) is 5.99. The summed E-state index contributed by atoms with van der Waals surface area (Å²) in [6.07, 6.45) is 0.145. The van der Waals surface area contributed by atoms with E-state index in [4.69, 9.17) is 16.7 Å². The Labute approximate surface area is 128 Å². The zero-order valence-corrected chi connectivity index (χ0v) is 13.2. The lowest BCUT2D eigenvalue weighted by Crippen LogP contribution is -2.42. The van der Waals surface area contributed by atoms with E-state index in [0.29, 0.717) is 0 Å². The highest BCUT2D eigenvalue weighted by atomic mass is 35.5. The molecule has 1 atom stereocenters. The lowest BCUT2D eigenvalue weighted by atomic mass is 10.1. The van der Waals surface area contributed by atoms with Gasteiger partial charge in [0.1, 0.15) is 11.9 Å². The minimum absolute atomic E-state index is 0.00305. The van der Waals surface area contributed by atoms with Crippen molar-refractivity contribution in [1.29, 1.82) is 0 Å². The fourth-order valence-corrected chi connectivity index (χ4v) is 3.33. The van der Waals surface area contributed by atoms with Gasteiger partial charge in [0.25, 0.3) is 0 Å². The molecule has 1 rings (SSSR count). The maximum Gasteiger partial charge on any atom is 0.321 e. The van der Waals surface area contributed by atoms with Crippen LogP contribution in [0, 0.1) is 11.7 Å². The SMILES string of the molecule is CC(C)C[C@H](NS(=O)(=O)Cc1cc(Cl)ccc1F)C(=O)O. The molecular weight excluding hydrogens is 321 g/mol. The Kier molecular flexibility index (Phi) is 6.12. The van der Waals surface area contributed by atoms with E-state index >= 15 is 0 Å². The third-order valence-corrected chi connectivity index (χ3v) is 4.25. The van der Waals surface area contributed by atoms with Crippen LogP contribution in [0.5, 0.6) is 0 Å². The summed E-state index contributed by atoms with van der Waals surface area (Å²) in [7, 11) is -3.99. The third-order valence-electron chi connectivity index (χ3n) is 2.68. The van der Waals surface area contributed by atoms with Crippen LogP contribution in [0.4, 0.5) is 4.39 Å². The van der Waals surface area contributed by atoms with Gasteiger partial charge in [-0.25, -0.2) is 17.5 Å². The van der Waals surface area contributed by atoms with E-state index in [1.165, 1.54) is 12.1 Å². The number of carboxylic acid groups (broad SMARTS) is 1. The highest BCUT2D eigenvalue weighted by Crippen LogP contribution is 2.17. The number of nitrogens with one attached hydrogen (secondary N) is 1. The number of aliphatic carboxylic acids is 1. The van der Waals surface area contributed by atoms with Crippen LogP contribution in [0.2, 0.25) is 5.02 Å². The minimum Gasteiger partial charge on any atom is -0.480 e. The molecule has 0 unspecified atom stereocenters. The predicted octanol–water partition coefficient (Wildman–Crippen LogP) is 2.40. The van der Waals surface area contributed by atoms with Gasteiger partial charge in [0.15, 0.2) is 0 Å². The first-order valence-electron chi connectivity index (χ1n) is 6.27. The molecule has 0 spiro atoms. The van der Waals surface area contributed by atoms with Gasteiger partial charge in [0.2, 0.25) is 10.0 Å². The molecule has 118 valence electrons. The summed E-state index contributed by atoms with van der Waals surface area (Å²) in [5.74, 6) is -2.64. The summed E-state index contributed by atoms with van der Waals surface area (Å²) < 4.78 is 39.6. The van der Waals surface area contributed by atoms with Gasteiger partial charge in [0, 0.05) is 10.6 Å². The second kappa shape index (κ2) is 7.20. The zero-order chi connectivity index (χ0) is 16.2. The molecule has 0 amide bonds. The molecule has 0 aliphatic carbocycles. The Hall–Kier alpha value is -1.18. The summed E-state index contributed by atoms with van der Waals surface area (Å²) >= 11 is 5.69. The van der Waals surface area contributed by atoms with Gasteiger partial charge in [-0.2, -0.15) is 0 Å². The Balaban J connectivity index is 2.90. The molecule has 8 heteroatoms. The first-order chi connectivity index (χ1) is 9.60. The summed E-state index contributed by atoms with van der Waals surface area (Å²) in [6, 6.07) is 2.33. The Morgan fingerprint density at radius 1 is 1.43 bits per heavy atom. The highest BCUT2D eigenvalue weighted by molar-refractivity contribution is 7.88. The number of rotatable bonds is 7. The van der Waals surface area contributed by atoms with Crippen molar-refractivity contribution in [3.8, 4) is 0 Å². The lowest BCUT2D eigenvalue weighted by molar-refractivity contribution is -0.139. The van der Waals surface area contributed by atoms with Gasteiger partial charge >= 0.3 is 5.97 Å². The number of hydrogen-bond donors (Lipinski definition) is 2. The second-order valence-electron chi connectivity index (χ2n) is 5.13. The summed E-state index contributed by atoms with van der Waals surface area (Å²) in [6.45, 7) is 3.56. The van der Waals surface area contributed by atoms with E-state index in [2.05, 4.69) is 4.72 Å². The molecule has 0 radical (unpaired) electrons. The van der Waals surface area contributed by atoms with E-state index in [-0.39, 0.29) is 22.9 Å². The van der Waals surface area contributed by atoms with Crippen molar-refractivity contribution >= 4 is 27.6 Å². The molecule has 5 nitrogen and oxygen atoms in total. The first-order valence-corrected chi connectivity index (χ1v) is 8.30. The van der Waals surface area contributed by atoms with Gasteiger partial charge in [-0.3, -0.25) is 4.79 Å². The van der Waals surface area contributed by atoms with Crippen LogP contribution >= 0.6 is 11.6 Å². The van der Waals surface area contributed by atoms with Gasteiger partial charge in [-0.15, -0.1) is 0 Å². The van der Waals surface area contributed by atoms with Crippen LogP contribution in [0.15, 0.2) is 18.2 Å². The van der Waals surface area contributed by atoms with Crippen molar-refractivity contribution in [2.75, 3.05) is 0 Å². The van der Waals surface area contributed by atoms with Crippen molar-refractivity contribution in [1.82, 2.24) is 4.72 Å². The number of benzene rings is 1. The van der Waals surface area contributed by atoms with E-state index in [1.54, 1.807) is 13.8 Å². The topological polar surface area (TPSA) is 83.5 Å². The lowest BCUT2D eigenvalue weighted by Gasteiger charge is -2.16. The van der Waals surface area contributed by atoms with Crippen molar-refractivity contribution in [3.63, 3.8) is 0 Å². The summed E-state index contributed by atoms with van der Waals surface area (Å²) in [4.78, 5) is 11.1. The van der Waals surface area contributed by atoms with Crippen LogP contribution in [0.25, 0.3) is 0 Å². The smallest absolute Gasteiger partial charge is 0.321 e. The van der Waals surface area contributed by atoms with Crippen molar-refractivity contribution in [3.05, 3.63) is 34.6 Å². The van der Waals surface area contributed by atoms with Gasteiger partial charge in [-0.05, 0) is 30.5 Å². The molecule has 0 saturated carbocycles. The van der Waals surface area contributed by atoms with Crippen LogP contribution in [0.1, 0.15) is 25.8 Å². The van der Waals surface area contributed by atoms with E-state index in [0.717, 1.165) is 6.07 Å². The summed E-state index contributed by atoms with van der Waals surface area (Å²) in [5.41, 5.74) is -0.108. The number of halogens is 2. The standard InChI is InChI=1S/C13H17ClFNO4S/c1-8(2)5-12(13(17)18)16-21(19,20)7-9-6-10(14)3-4-11(9)15/h3-4,6,8,12,16H,5,7H2,1-2H3,(H,17,18)/t12-/m0/s1. The van der Waals surface area contributed by atoms with E-state index < -0.39 is 33.6 Å².